The molecule has 2 heterocycles. The van der Waals surface area contributed by atoms with E-state index in [0.29, 0.717) is 31.5 Å². The van der Waals surface area contributed by atoms with Crippen LogP contribution in [0.2, 0.25) is 0 Å². The predicted molar refractivity (Wildman–Crippen MR) is 119 cm³/mol. The first-order chi connectivity index (χ1) is 15.0. The molecule has 0 radical (unpaired) electrons. The zero-order valence-corrected chi connectivity index (χ0v) is 19.3. The number of nitrogens with one attached hydrogen (secondary N) is 1. The molecule has 1 spiro atoms. The van der Waals surface area contributed by atoms with Crippen LogP contribution in [0.3, 0.4) is 0 Å². The highest BCUT2D eigenvalue weighted by atomic mass is 32.2. The van der Waals surface area contributed by atoms with Crippen LogP contribution in [0.5, 0.6) is 5.75 Å². The summed E-state index contributed by atoms with van der Waals surface area (Å²) in [5, 5.41) is 0. The SMILES string of the molecule is CCCN1C[C@]2(NS1(=O)=O)[C@@H]1CC[C@H]2Cc2ccc(OCCN3CCOCC3)cc2C1. The van der Waals surface area contributed by atoms with Crippen molar-refractivity contribution >= 4 is 10.2 Å². The van der Waals surface area contributed by atoms with Crippen LogP contribution < -0.4 is 9.46 Å². The lowest BCUT2D eigenvalue weighted by atomic mass is 9.79. The molecule has 1 aromatic rings. The van der Waals surface area contributed by atoms with E-state index in [0.717, 1.165) is 70.7 Å². The lowest BCUT2D eigenvalue weighted by molar-refractivity contribution is 0.0322. The van der Waals surface area contributed by atoms with Crippen LogP contribution in [0.15, 0.2) is 18.2 Å². The van der Waals surface area contributed by atoms with E-state index in [-0.39, 0.29) is 5.54 Å². The number of rotatable bonds is 6. The first kappa shape index (κ1) is 21.6. The summed E-state index contributed by atoms with van der Waals surface area (Å²) in [7, 11) is -3.37. The number of nitrogens with zero attached hydrogens (tertiary/aromatic N) is 2. The van der Waals surface area contributed by atoms with Crippen molar-refractivity contribution in [3.05, 3.63) is 29.3 Å². The van der Waals surface area contributed by atoms with Gasteiger partial charge in [-0.25, -0.2) is 0 Å². The molecule has 2 aliphatic carbocycles. The molecule has 3 atom stereocenters. The molecule has 1 aromatic carbocycles. The second-order valence-electron chi connectivity index (χ2n) is 9.59. The molecule has 172 valence electrons. The topological polar surface area (TPSA) is 71.1 Å². The minimum Gasteiger partial charge on any atom is -0.492 e. The van der Waals surface area contributed by atoms with Crippen LogP contribution in [0.1, 0.15) is 37.3 Å². The van der Waals surface area contributed by atoms with Crippen molar-refractivity contribution in [3.8, 4) is 5.75 Å². The van der Waals surface area contributed by atoms with Gasteiger partial charge in [-0.2, -0.15) is 17.4 Å². The fraction of sp³-hybridized carbons (Fsp3) is 0.739. The Hall–Kier alpha value is -1.19. The third kappa shape index (κ3) is 4.13. The molecule has 1 saturated carbocycles. The van der Waals surface area contributed by atoms with Gasteiger partial charge in [0.15, 0.2) is 0 Å². The van der Waals surface area contributed by atoms with Crippen molar-refractivity contribution in [1.29, 1.82) is 0 Å². The van der Waals surface area contributed by atoms with Crippen molar-refractivity contribution < 1.29 is 17.9 Å². The van der Waals surface area contributed by atoms with Gasteiger partial charge in [-0.3, -0.25) is 4.90 Å². The highest BCUT2D eigenvalue weighted by Crippen LogP contribution is 2.50. The maximum Gasteiger partial charge on any atom is 0.280 e. The average molecular weight is 450 g/mol. The van der Waals surface area contributed by atoms with Crippen LogP contribution in [-0.2, 0) is 27.8 Å². The van der Waals surface area contributed by atoms with Gasteiger partial charge in [0.05, 0.1) is 18.8 Å². The Labute approximate surface area is 186 Å². The Balaban J connectivity index is 1.29. The largest absolute Gasteiger partial charge is 0.492 e. The highest BCUT2D eigenvalue weighted by Gasteiger charge is 2.59. The molecule has 2 bridgehead atoms. The second kappa shape index (κ2) is 8.63. The van der Waals surface area contributed by atoms with Crippen LogP contribution in [0.25, 0.3) is 0 Å². The first-order valence-corrected chi connectivity index (χ1v) is 13.3. The van der Waals surface area contributed by atoms with Crippen molar-refractivity contribution in [2.45, 2.75) is 44.6 Å². The number of ether oxygens (including phenoxy) is 2. The molecule has 7 nitrogen and oxygen atoms in total. The van der Waals surface area contributed by atoms with Gasteiger partial charge < -0.3 is 9.47 Å². The van der Waals surface area contributed by atoms with E-state index >= 15 is 0 Å². The van der Waals surface area contributed by atoms with Crippen molar-refractivity contribution in [3.63, 3.8) is 0 Å². The van der Waals surface area contributed by atoms with E-state index in [4.69, 9.17) is 9.47 Å². The van der Waals surface area contributed by atoms with Crippen LogP contribution in [-0.4, -0.2) is 75.7 Å². The molecular weight excluding hydrogens is 414 g/mol. The maximum absolute atomic E-state index is 12.8. The Morgan fingerprint density at radius 3 is 2.61 bits per heavy atom. The van der Waals surface area contributed by atoms with Gasteiger partial charge in [-0.05, 0) is 67.2 Å². The lowest BCUT2D eigenvalue weighted by Gasteiger charge is -2.33. The van der Waals surface area contributed by atoms with Crippen molar-refractivity contribution in [1.82, 2.24) is 13.9 Å². The molecule has 2 aliphatic heterocycles. The van der Waals surface area contributed by atoms with Gasteiger partial charge in [-0.1, -0.05) is 13.0 Å². The molecule has 0 amide bonds. The smallest absolute Gasteiger partial charge is 0.280 e. The van der Waals surface area contributed by atoms with Crippen molar-refractivity contribution in [2.24, 2.45) is 11.8 Å². The minimum atomic E-state index is -3.37. The van der Waals surface area contributed by atoms with Crippen LogP contribution in [0, 0.1) is 11.8 Å². The quantitative estimate of drug-likeness (QED) is 0.717. The Morgan fingerprint density at radius 1 is 1.13 bits per heavy atom. The number of benzene rings is 1. The van der Waals surface area contributed by atoms with Crippen LogP contribution in [0.4, 0.5) is 0 Å². The molecule has 4 aliphatic rings. The van der Waals surface area contributed by atoms with Crippen molar-refractivity contribution in [2.75, 3.05) is 52.5 Å². The van der Waals surface area contributed by atoms with Gasteiger partial charge in [0.2, 0.25) is 0 Å². The van der Waals surface area contributed by atoms with E-state index in [1.165, 1.54) is 11.1 Å². The highest BCUT2D eigenvalue weighted by molar-refractivity contribution is 7.87. The summed E-state index contributed by atoms with van der Waals surface area (Å²) in [6, 6.07) is 6.50. The van der Waals surface area contributed by atoms with Gasteiger partial charge in [0.1, 0.15) is 12.4 Å². The fourth-order valence-electron chi connectivity index (χ4n) is 6.14. The Morgan fingerprint density at radius 2 is 1.87 bits per heavy atom. The molecule has 1 N–H and O–H groups in total. The van der Waals surface area contributed by atoms with E-state index in [1.807, 2.05) is 6.92 Å². The van der Waals surface area contributed by atoms with Gasteiger partial charge in [0, 0.05) is 32.7 Å². The number of hydrogen-bond donors (Lipinski definition) is 1. The number of fused-ring (bicyclic) bond motifs is 1. The summed E-state index contributed by atoms with van der Waals surface area (Å²) in [5.41, 5.74) is 2.38. The van der Waals surface area contributed by atoms with E-state index < -0.39 is 10.2 Å². The minimum absolute atomic E-state index is 0.315. The maximum atomic E-state index is 12.8. The van der Waals surface area contributed by atoms with Gasteiger partial charge in [-0.15, -0.1) is 0 Å². The summed E-state index contributed by atoms with van der Waals surface area (Å²) in [6.45, 7) is 8.43. The molecule has 3 fully saturated rings. The monoisotopic (exact) mass is 449 g/mol. The molecular formula is C23H35N3O4S. The summed E-state index contributed by atoms with van der Waals surface area (Å²) in [6.07, 6.45) is 4.91. The molecule has 31 heavy (non-hydrogen) atoms. The fourth-order valence-corrected chi connectivity index (χ4v) is 7.95. The Kier molecular flexibility index (Phi) is 6.03. The second-order valence-corrected chi connectivity index (χ2v) is 11.3. The molecule has 2 saturated heterocycles. The lowest BCUT2D eigenvalue weighted by Crippen LogP contribution is -2.52. The summed E-state index contributed by atoms with van der Waals surface area (Å²) in [4.78, 5) is 2.38. The third-order valence-corrected chi connectivity index (χ3v) is 9.41. The van der Waals surface area contributed by atoms with Gasteiger partial charge in [0.25, 0.3) is 10.2 Å². The summed E-state index contributed by atoms with van der Waals surface area (Å²) < 4.78 is 42.0. The molecule has 0 aromatic heterocycles. The molecule has 5 rings (SSSR count). The van der Waals surface area contributed by atoms with E-state index in [1.54, 1.807) is 4.31 Å². The molecule has 0 unspecified atom stereocenters. The number of morpholine rings is 1. The first-order valence-electron chi connectivity index (χ1n) is 11.8. The van der Waals surface area contributed by atoms with E-state index in [9.17, 15) is 8.42 Å². The summed E-state index contributed by atoms with van der Waals surface area (Å²) >= 11 is 0. The van der Waals surface area contributed by atoms with E-state index in [2.05, 4.69) is 27.8 Å². The normalized spacial score (nSPS) is 32.8. The standard InChI is InChI=1S/C23H35N3O4S/c1-2-7-26-17-23(24-31(26,27)28)20-4-5-21(23)15-19-16-22(6-3-18(19)14-20)30-13-10-25-8-11-29-12-9-25/h3,6,16,20-21,24H,2,4-5,7-15,17H2,1H3/t20-,21+,23+/m0/s1. The average Bonchev–Trinajstić information content (AvgIpc) is 3.14. The van der Waals surface area contributed by atoms with Gasteiger partial charge >= 0.3 is 0 Å². The zero-order chi connectivity index (χ0) is 21.5. The Bertz CT molecular complexity index is 902. The number of hydrogen-bond acceptors (Lipinski definition) is 5. The zero-order valence-electron chi connectivity index (χ0n) is 18.5. The summed E-state index contributed by atoms with van der Waals surface area (Å²) in [5.74, 6) is 1.64. The predicted octanol–water partition coefficient (Wildman–Crippen LogP) is 1.82. The molecule has 8 heteroatoms. The third-order valence-electron chi connectivity index (χ3n) is 7.78. The van der Waals surface area contributed by atoms with Crippen LogP contribution >= 0.6 is 0 Å².